The Hall–Kier alpha value is -4.30. The van der Waals surface area contributed by atoms with Crippen molar-refractivity contribution in [2.45, 2.75) is 19.5 Å². The van der Waals surface area contributed by atoms with Gasteiger partial charge >= 0.3 is 0 Å². The number of anilines is 1. The van der Waals surface area contributed by atoms with Crippen molar-refractivity contribution in [3.63, 3.8) is 0 Å². The molecule has 41 heavy (non-hydrogen) atoms. The minimum absolute atomic E-state index is 0.140. The molecule has 7 rings (SSSR count). The molecule has 0 saturated heterocycles. The van der Waals surface area contributed by atoms with Gasteiger partial charge in [-0.15, -0.1) is 22.7 Å². The number of benzene rings is 4. The third-order valence-corrected chi connectivity index (χ3v) is 9.40. The highest BCUT2D eigenvalue weighted by atomic mass is 32.1. The second kappa shape index (κ2) is 11.3. The van der Waals surface area contributed by atoms with E-state index in [-0.39, 0.29) is 5.91 Å². The van der Waals surface area contributed by atoms with Crippen molar-refractivity contribution in [2.75, 3.05) is 11.9 Å². The molecule has 1 aliphatic heterocycles. The summed E-state index contributed by atoms with van der Waals surface area (Å²) in [5.41, 5.74) is 5.26. The van der Waals surface area contributed by atoms with Gasteiger partial charge in [-0.2, -0.15) is 0 Å². The van der Waals surface area contributed by atoms with Crippen molar-refractivity contribution < 1.29 is 9.53 Å². The van der Waals surface area contributed by atoms with Gasteiger partial charge in [0, 0.05) is 35.6 Å². The molecule has 1 N–H and O–H groups in total. The van der Waals surface area contributed by atoms with Crippen LogP contribution in [0.4, 0.5) is 5.00 Å². The van der Waals surface area contributed by atoms with Crippen LogP contribution in [0, 0.1) is 0 Å². The van der Waals surface area contributed by atoms with Crippen LogP contribution in [0.5, 0.6) is 11.5 Å². The summed E-state index contributed by atoms with van der Waals surface area (Å²) < 4.78 is 7.05. The molecular weight excluding hydrogens is 547 g/mol. The fraction of sp³-hybridized carbons (Fsp3) is 0.118. The lowest BCUT2D eigenvalue weighted by atomic mass is 10.0. The summed E-state index contributed by atoms with van der Waals surface area (Å²) in [6.07, 6.45) is 0.922. The number of amides is 1. The molecule has 0 unspecified atom stereocenters. The fourth-order valence-electron chi connectivity index (χ4n) is 5.20. The summed E-state index contributed by atoms with van der Waals surface area (Å²) in [4.78, 5) is 22.2. The Morgan fingerprint density at radius 1 is 0.829 bits per heavy atom. The number of para-hydroxylation sites is 2. The number of carbonyl (C=O) groups excluding carboxylic acids is 1. The molecular formula is C34H27N3O2S2. The molecule has 6 aromatic rings. The number of ether oxygens (including phenoxy) is 1. The average Bonchev–Trinajstić information content (AvgIpc) is 3.59. The maximum Gasteiger partial charge on any atom is 0.256 e. The molecule has 0 spiro atoms. The van der Waals surface area contributed by atoms with Gasteiger partial charge in [0.05, 0.1) is 10.2 Å². The Morgan fingerprint density at radius 3 is 2.32 bits per heavy atom. The van der Waals surface area contributed by atoms with Gasteiger partial charge in [0.15, 0.2) is 0 Å². The Labute approximate surface area is 246 Å². The van der Waals surface area contributed by atoms with E-state index in [1.165, 1.54) is 16.0 Å². The summed E-state index contributed by atoms with van der Waals surface area (Å²) in [5.74, 6) is 1.31. The zero-order valence-electron chi connectivity index (χ0n) is 22.2. The van der Waals surface area contributed by atoms with Crippen molar-refractivity contribution >= 4 is 43.8 Å². The van der Waals surface area contributed by atoms with Gasteiger partial charge in [-0.3, -0.25) is 9.69 Å². The number of hydrogen-bond donors (Lipinski definition) is 1. The topological polar surface area (TPSA) is 54.5 Å². The standard InChI is InChI=1S/C34H27N3O2S2/c38-32(24-15-17-26(18-16-24)39-25-11-5-2-6-12-25)36-34-31(33-35-28-13-7-8-14-29(28)40-33)27-19-20-37(22-30(27)41-34)21-23-9-3-1-4-10-23/h1-18H,19-22H2,(H,36,38). The molecule has 0 bridgehead atoms. The summed E-state index contributed by atoms with van der Waals surface area (Å²) >= 11 is 3.36. The van der Waals surface area contributed by atoms with Gasteiger partial charge in [-0.1, -0.05) is 60.7 Å². The summed E-state index contributed by atoms with van der Waals surface area (Å²) in [6, 6.07) is 35.7. The highest BCUT2D eigenvalue weighted by Crippen LogP contribution is 2.46. The Balaban J connectivity index is 1.17. The monoisotopic (exact) mass is 573 g/mol. The average molecular weight is 574 g/mol. The lowest BCUT2D eigenvalue weighted by Gasteiger charge is -2.27. The SMILES string of the molecule is O=C(Nc1sc2c(c1-c1nc3ccccc3s1)CCN(Cc1ccccc1)C2)c1ccc(Oc2ccccc2)cc1. The molecule has 0 atom stereocenters. The molecule has 5 nitrogen and oxygen atoms in total. The number of rotatable bonds is 7. The first-order chi connectivity index (χ1) is 20.2. The van der Waals surface area contributed by atoms with Gasteiger partial charge in [0.1, 0.15) is 21.5 Å². The zero-order valence-corrected chi connectivity index (χ0v) is 23.9. The molecule has 1 amide bonds. The van der Waals surface area contributed by atoms with E-state index in [0.29, 0.717) is 11.3 Å². The number of thiazole rings is 1. The minimum Gasteiger partial charge on any atom is -0.457 e. The Bertz CT molecular complexity index is 1780. The number of hydrogen-bond acceptors (Lipinski definition) is 6. The van der Waals surface area contributed by atoms with E-state index >= 15 is 0 Å². The van der Waals surface area contributed by atoms with Gasteiger partial charge in [0.2, 0.25) is 0 Å². The number of aromatic nitrogens is 1. The van der Waals surface area contributed by atoms with Gasteiger partial charge in [-0.25, -0.2) is 4.98 Å². The maximum atomic E-state index is 13.5. The van der Waals surface area contributed by atoms with E-state index in [2.05, 4.69) is 46.6 Å². The quantitative estimate of drug-likeness (QED) is 0.208. The predicted octanol–water partition coefficient (Wildman–Crippen LogP) is 8.63. The molecule has 0 fully saturated rings. The van der Waals surface area contributed by atoms with Crippen LogP contribution >= 0.6 is 22.7 Å². The van der Waals surface area contributed by atoms with Gasteiger partial charge in [-0.05, 0) is 66.1 Å². The molecule has 0 saturated carbocycles. The molecule has 7 heteroatoms. The highest BCUT2D eigenvalue weighted by molar-refractivity contribution is 7.23. The van der Waals surface area contributed by atoms with Crippen molar-refractivity contribution in [1.82, 2.24) is 9.88 Å². The number of thiophene rings is 1. The maximum absolute atomic E-state index is 13.5. The van der Waals surface area contributed by atoms with Crippen LogP contribution in [0.3, 0.4) is 0 Å². The Kier molecular flexibility index (Phi) is 7.07. The molecule has 0 radical (unpaired) electrons. The molecule has 3 heterocycles. The van der Waals surface area contributed by atoms with Gasteiger partial charge in [0.25, 0.3) is 5.91 Å². The first-order valence-corrected chi connectivity index (χ1v) is 15.2. The van der Waals surface area contributed by atoms with Crippen LogP contribution in [0.2, 0.25) is 0 Å². The third kappa shape index (κ3) is 5.52. The van der Waals surface area contributed by atoms with Crippen molar-refractivity contribution in [3.8, 4) is 22.1 Å². The Morgan fingerprint density at radius 2 is 1.54 bits per heavy atom. The van der Waals surface area contributed by atoms with E-state index in [1.807, 2.05) is 60.7 Å². The molecule has 4 aromatic carbocycles. The van der Waals surface area contributed by atoms with Crippen molar-refractivity contribution in [1.29, 1.82) is 0 Å². The molecule has 2 aromatic heterocycles. The summed E-state index contributed by atoms with van der Waals surface area (Å²) in [5, 5.41) is 5.07. The van der Waals surface area contributed by atoms with E-state index in [1.54, 1.807) is 34.8 Å². The second-order valence-electron chi connectivity index (χ2n) is 10.0. The van der Waals surface area contributed by atoms with Crippen LogP contribution in [-0.2, 0) is 19.5 Å². The predicted molar refractivity (Wildman–Crippen MR) is 168 cm³/mol. The second-order valence-corrected chi connectivity index (χ2v) is 12.2. The zero-order chi connectivity index (χ0) is 27.6. The largest absolute Gasteiger partial charge is 0.457 e. The lowest BCUT2D eigenvalue weighted by molar-refractivity contribution is 0.102. The van der Waals surface area contributed by atoms with Gasteiger partial charge < -0.3 is 10.1 Å². The summed E-state index contributed by atoms with van der Waals surface area (Å²) in [7, 11) is 0. The van der Waals surface area contributed by atoms with E-state index in [9.17, 15) is 4.79 Å². The van der Waals surface area contributed by atoms with Crippen LogP contribution < -0.4 is 10.1 Å². The normalized spacial score (nSPS) is 13.2. The van der Waals surface area contributed by atoms with Crippen LogP contribution in [0.1, 0.15) is 26.4 Å². The van der Waals surface area contributed by atoms with Crippen LogP contribution in [-0.4, -0.2) is 22.3 Å². The number of nitrogens with zero attached hydrogens (tertiary/aromatic N) is 2. The van der Waals surface area contributed by atoms with Crippen LogP contribution in [0.15, 0.2) is 109 Å². The fourth-order valence-corrected chi connectivity index (χ4v) is 7.60. The molecule has 202 valence electrons. The summed E-state index contributed by atoms with van der Waals surface area (Å²) in [6.45, 7) is 2.73. The third-order valence-electron chi connectivity index (χ3n) is 7.22. The van der Waals surface area contributed by atoms with Crippen molar-refractivity contribution in [2.24, 2.45) is 0 Å². The van der Waals surface area contributed by atoms with E-state index < -0.39 is 0 Å². The lowest BCUT2D eigenvalue weighted by Crippen LogP contribution is -2.29. The van der Waals surface area contributed by atoms with E-state index in [4.69, 9.17) is 9.72 Å². The number of nitrogens with one attached hydrogen (secondary N) is 1. The first kappa shape index (κ1) is 25.7. The van der Waals surface area contributed by atoms with Crippen LogP contribution in [0.25, 0.3) is 20.8 Å². The molecule has 0 aliphatic carbocycles. The number of carbonyl (C=O) groups is 1. The number of fused-ring (bicyclic) bond motifs is 2. The minimum atomic E-state index is -0.140. The molecule has 1 aliphatic rings. The highest BCUT2D eigenvalue weighted by Gasteiger charge is 2.28. The smallest absolute Gasteiger partial charge is 0.256 e. The first-order valence-electron chi connectivity index (χ1n) is 13.6. The van der Waals surface area contributed by atoms with E-state index in [0.717, 1.165) is 57.6 Å². The van der Waals surface area contributed by atoms with Crippen molar-refractivity contribution in [3.05, 3.63) is 131 Å².